The van der Waals surface area contributed by atoms with Crippen LogP contribution < -0.4 is 15.5 Å². The summed E-state index contributed by atoms with van der Waals surface area (Å²) in [6.07, 6.45) is 4.59. The van der Waals surface area contributed by atoms with Gasteiger partial charge in [0.2, 0.25) is 0 Å². The predicted octanol–water partition coefficient (Wildman–Crippen LogP) is 0.547. The molecule has 2 saturated heterocycles. The third kappa shape index (κ3) is 2.68. The SMILES string of the molecule is O=C1NCC2CN(c3ccc(CNC4CC4)cn3)CCN12. The van der Waals surface area contributed by atoms with Gasteiger partial charge in [0, 0.05) is 45.0 Å². The molecule has 6 heteroatoms. The first kappa shape index (κ1) is 12.9. The van der Waals surface area contributed by atoms with Crippen LogP contribution in [0.5, 0.6) is 0 Å². The van der Waals surface area contributed by atoms with Crippen molar-refractivity contribution in [3.8, 4) is 0 Å². The number of amides is 2. The average Bonchev–Trinajstić information content (AvgIpc) is 3.29. The van der Waals surface area contributed by atoms with Gasteiger partial charge >= 0.3 is 6.03 Å². The minimum absolute atomic E-state index is 0.0779. The van der Waals surface area contributed by atoms with Crippen LogP contribution in [0.1, 0.15) is 18.4 Å². The van der Waals surface area contributed by atoms with Crippen molar-refractivity contribution in [3.63, 3.8) is 0 Å². The number of nitrogens with one attached hydrogen (secondary N) is 2. The summed E-state index contributed by atoms with van der Waals surface area (Å²) in [5.41, 5.74) is 1.24. The molecule has 1 aliphatic carbocycles. The number of carbonyl (C=O) groups excluding carboxylic acids is 1. The van der Waals surface area contributed by atoms with Crippen molar-refractivity contribution >= 4 is 11.8 Å². The lowest BCUT2D eigenvalue weighted by Crippen LogP contribution is -2.52. The van der Waals surface area contributed by atoms with Gasteiger partial charge in [-0.15, -0.1) is 0 Å². The van der Waals surface area contributed by atoms with Crippen LogP contribution in [0.15, 0.2) is 18.3 Å². The molecule has 6 nitrogen and oxygen atoms in total. The molecule has 0 radical (unpaired) electrons. The molecule has 3 fully saturated rings. The predicted molar refractivity (Wildman–Crippen MR) is 80.2 cm³/mol. The zero-order chi connectivity index (χ0) is 14.2. The molecule has 0 spiro atoms. The maximum atomic E-state index is 11.6. The van der Waals surface area contributed by atoms with Gasteiger partial charge in [0.05, 0.1) is 6.04 Å². The number of hydrogen-bond acceptors (Lipinski definition) is 4. The minimum Gasteiger partial charge on any atom is -0.353 e. The third-order valence-corrected chi connectivity index (χ3v) is 4.54. The Morgan fingerprint density at radius 1 is 1.33 bits per heavy atom. The van der Waals surface area contributed by atoms with Gasteiger partial charge < -0.3 is 20.4 Å². The number of rotatable bonds is 4. The Hall–Kier alpha value is -1.82. The number of hydrogen-bond donors (Lipinski definition) is 2. The first-order valence-electron chi connectivity index (χ1n) is 7.77. The Morgan fingerprint density at radius 2 is 2.24 bits per heavy atom. The molecule has 0 bridgehead atoms. The van der Waals surface area contributed by atoms with Gasteiger partial charge in [0.1, 0.15) is 5.82 Å². The number of nitrogens with zero attached hydrogens (tertiary/aromatic N) is 3. The van der Waals surface area contributed by atoms with Crippen molar-refractivity contribution in [3.05, 3.63) is 23.9 Å². The maximum absolute atomic E-state index is 11.6. The fourth-order valence-corrected chi connectivity index (χ4v) is 3.07. The summed E-state index contributed by atoms with van der Waals surface area (Å²) >= 11 is 0. The van der Waals surface area contributed by atoms with Crippen LogP contribution in [0.2, 0.25) is 0 Å². The minimum atomic E-state index is 0.0779. The van der Waals surface area contributed by atoms with E-state index in [1.165, 1.54) is 18.4 Å². The van der Waals surface area contributed by atoms with Gasteiger partial charge in [-0.3, -0.25) is 0 Å². The molecular formula is C15H21N5O. The van der Waals surface area contributed by atoms with Crippen LogP contribution in [0.25, 0.3) is 0 Å². The van der Waals surface area contributed by atoms with Crippen LogP contribution in [-0.4, -0.2) is 54.2 Å². The van der Waals surface area contributed by atoms with Crippen LogP contribution in [0, 0.1) is 0 Å². The van der Waals surface area contributed by atoms with E-state index in [4.69, 9.17) is 0 Å². The van der Waals surface area contributed by atoms with E-state index in [0.717, 1.165) is 44.6 Å². The second kappa shape index (κ2) is 5.18. The Labute approximate surface area is 124 Å². The van der Waals surface area contributed by atoms with Crippen LogP contribution >= 0.6 is 0 Å². The highest BCUT2D eigenvalue weighted by molar-refractivity contribution is 5.77. The lowest BCUT2D eigenvalue weighted by molar-refractivity contribution is 0.197. The molecule has 21 heavy (non-hydrogen) atoms. The Kier molecular flexibility index (Phi) is 3.18. The second-order valence-electron chi connectivity index (χ2n) is 6.16. The zero-order valence-corrected chi connectivity index (χ0v) is 12.1. The molecule has 112 valence electrons. The van der Waals surface area contributed by atoms with Crippen molar-refractivity contribution in [1.82, 2.24) is 20.5 Å². The number of carbonyl (C=O) groups is 1. The molecule has 2 amide bonds. The van der Waals surface area contributed by atoms with E-state index in [9.17, 15) is 4.79 Å². The van der Waals surface area contributed by atoms with E-state index in [1.807, 2.05) is 11.1 Å². The van der Waals surface area contributed by atoms with Gasteiger partial charge in [0.25, 0.3) is 0 Å². The van der Waals surface area contributed by atoms with Gasteiger partial charge in [-0.05, 0) is 24.5 Å². The van der Waals surface area contributed by atoms with E-state index < -0.39 is 0 Å². The molecular weight excluding hydrogens is 266 g/mol. The van der Waals surface area contributed by atoms with Gasteiger partial charge in [-0.1, -0.05) is 6.07 Å². The van der Waals surface area contributed by atoms with Crippen LogP contribution in [0.3, 0.4) is 0 Å². The largest absolute Gasteiger partial charge is 0.353 e. The van der Waals surface area contributed by atoms with E-state index in [2.05, 4.69) is 32.7 Å². The molecule has 1 unspecified atom stereocenters. The monoisotopic (exact) mass is 287 g/mol. The number of fused-ring (bicyclic) bond motifs is 1. The first-order chi connectivity index (χ1) is 10.3. The zero-order valence-electron chi connectivity index (χ0n) is 12.1. The lowest BCUT2D eigenvalue weighted by atomic mass is 10.2. The summed E-state index contributed by atoms with van der Waals surface area (Å²) in [6, 6.07) is 5.34. The Morgan fingerprint density at radius 3 is 3.00 bits per heavy atom. The number of aromatic nitrogens is 1. The molecule has 1 aromatic rings. The number of pyridine rings is 1. The molecule has 3 heterocycles. The molecule has 1 aromatic heterocycles. The first-order valence-corrected chi connectivity index (χ1v) is 7.77. The number of anilines is 1. The highest BCUT2D eigenvalue weighted by atomic mass is 16.2. The molecule has 1 saturated carbocycles. The molecule has 4 rings (SSSR count). The van der Waals surface area contributed by atoms with Gasteiger partial charge in [-0.25, -0.2) is 9.78 Å². The van der Waals surface area contributed by atoms with E-state index >= 15 is 0 Å². The number of urea groups is 1. The molecule has 2 aliphatic heterocycles. The molecule has 3 aliphatic rings. The van der Waals surface area contributed by atoms with E-state index in [-0.39, 0.29) is 12.1 Å². The van der Waals surface area contributed by atoms with Crippen molar-refractivity contribution < 1.29 is 4.79 Å². The second-order valence-corrected chi connectivity index (χ2v) is 6.16. The van der Waals surface area contributed by atoms with Gasteiger partial charge in [-0.2, -0.15) is 0 Å². The summed E-state index contributed by atoms with van der Waals surface area (Å²) in [5.74, 6) is 1.02. The summed E-state index contributed by atoms with van der Waals surface area (Å²) in [6.45, 7) is 4.16. The lowest BCUT2D eigenvalue weighted by Gasteiger charge is -2.37. The Balaban J connectivity index is 1.38. The molecule has 0 aromatic carbocycles. The summed E-state index contributed by atoms with van der Waals surface area (Å²) in [7, 11) is 0. The van der Waals surface area contributed by atoms with E-state index in [0.29, 0.717) is 0 Å². The quantitative estimate of drug-likeness (QED) is 0.849. The van der Waals surface area contributed by atoms with Crippen molar-refractivity contribution in [2.45, 2.75) is 31.5 Å². The van der Waals surface area contributed by atoms with Crippen molar-refractivity contribution in [1.29, 1.82) is 0 Å². The molecule has 1 atom stereocenters. The van der Waals surface area contributed by atoms with Crippen molar-refractivity contribution in [2.75, 3.05) is 31.1 Å². The maximum Gasteiger partial charge on any atom is 0.317 e. The van der Waals surface area contributed by atoms with E-state index in [1.54, 1.807) is 0 Å². The summed E-state index contributed by atoms with van der Waals surface area (Å²) in [5, 5.41) is 6.41. The van der Waals surface area contributed by atoms with Gasteiger partial charge in [0.15, 0.2) is 0 Å². The highest BCUT2D eigenvalue weighted by Gasteiger charge is 2.35. The summed E-state index contributed by atoms with van der Waals surface area (Å²) < 4.78 is 0. The number of piperazine rings is 1. The van der Waals surface area contributed by atoms with Crippen LogP contribution in [-0.2, 0) is 6.54 Å². The highest BCUT2D eigenvalue weighted by Crippen LogP contribution is 2.21. The Bertz CT molecular complexity index is 527. The smallest absolute Gasteiger partial charge is 0.317 e. The average molecular weight is 287 g/mol. The summed E-state index contributed by atoms with van der Waals surface area (Å²) in [4.78, 5) is 20.4. The van der Waals surface area contributed by atoms with Crippen LogP contribution in [0.4, 0.5) is 10.6 Å². The normalized spacial score (nSPS) is 25.0. The topological polar surface area (TPSA) is 60.5 Å². The third-order valence-electron chi connectivity index (χ3n) is 4.54. The van der Waals surface area contributed by atoms with Crippen molar-refractivity contribution in [2.24, 2.45) is 0 Å². The fourth-order valence-electron chi connectivity index (χ4n) is 3.07. The standard InChI is InChI=1S/C15H21N5O/c21-15-18-9-13-10-19(5-6-20(13)15)14-4-1-11(8-17-14)7-16-12-2-3-12/h1,4,8,12-13,16H,2-3,5-7,9-10H2,(H,18,21). The fraction of sp³-hybridized carbons (Fsp3) is 0.600. The molecule has 2 N–H and O–H groups in total.